The molecule has 4 aromatic carbocycles. The van der Waals surface area contributed by atoms with Gasteiger partial charge in [0.2, 0.25) is 5.91 Å². The molecule has 1 aliphatic heterocycles. The second kappa shape index (κ2) is 13.2. The number of carbonyl (C=O) groups excluding carboxylic acids is 3. The first kappa shape index (κ1) is 29.3. The lowest BCUT2D eigenvalue weighted by Gasteiger charge is -2.34. The summed E-state index contributed by atoms with van der Waals surface area (Å²) in [5.41, 5.74) is 1.10. The molecular formula is C32H30N4O6S. The summed E-state index contributed by atoms with van der Waals surface area (Å²) in [4.78, 5) is 47.1. The smallest absolute Gasteiger partial charge is 0.295 e. The van der Waals surface area contributed by atoms with Crippen molar-refractivity contribution in [2.24, 2.45) is 0 Å². The van der Waals surface area contributed by atoms with E-state index in [1.165, 1.54) is 24.3 Å². The number of nitrogens with one attached hydrogen (secondary N) is 1. The Bertz CT molecular complexity index is 1660. The van der Waals surface area contributed by atoms with Crippen LogP contribution in [0.3, 0.4) is 0 Å². The molecule has 11 heteroatoms. The number of sulfonamides is 1. The minimum atomic E-state index is -4.17. The number of carbonyl (C=O) groups is 3. The van der Waals surface area contributed by atoms with E-state index >= 15 is 0 Å². The van der Waals surface area contributed by atoms with E-state index in [-0.39, 0.29) is 28.8 Å². The molecule has 1 fully saturated rings. The summed E-state index contributed by atoms with van der Waals surface area (Å²) in [5, 5.41) is 2.60. The van der Waals surface area contributed by atoms with Gasteiger partial charge in [0.05, 0.1) is 17.1 Å². The molecular weight excluding hydrogens is 568 g/mol. The van der Waals surface area contributed by atoms with Crippen LogP contribution in [0, 0.1) is 0 Å². The van der Waals surface area contributed by atoms with Crippen molar-refractivity contribution in [2.45, 2.75) is 4.90 Å². The van der Waals surface area contributed by atoms with E-state index in [0.717, 1.165) is 4.47 Å². The number of para-hydroxylation sites is 2. The molecule has 0 unspecified atom stereocenters. The average Bonchev–Trinajstić information content (AvgIpc) is 3.07. The average molecular weight is 599 g/mol. The van der Waals surface area contributed by atoms with E-state index in [1.807, 2.05) is 18.2 Å². The number of benzene rings is 4. The molecule has 0 spiro atoms. The molecule has 0 bridgehead atoms. The summed E-state index contributed by atoms with van der Waals surface area (Å²) in [7, 11) is -4.17. The third kappa shape index (κ3) is 7.02. The van der Waals surface area contributed by atoms with Gasteiger partial charge in [-0.05, 0) is 60.7 Å². The lowest BCUT2D eigenvalue weighted by molar-refractivity contribution is -0.131. The van der Waals surface area contributed by atoms with Crippen LogP contribution in [0.1, 0.15) is 20.7 Å². The first-order chi connectivity index (χ1) is 20.8. The maximum atomic E-state index is 13.6. The molecule has 220 valence electrons. The van der Waals surface area contributed by atoms with E-state index < -0.39 is 15.9 Å². The highest BCUT2D eigenvalue weighted by Gasteiger charge is 2.28. The van der Waals surface area contributed by atoms with Gasteiger partial charge in [-0.15, -0.1) is 0 Å². The molecule has 10 nitrogen and oxygen atoms in total. The number of anilines is 1. The van der Waals surface area contributed by atoms with E-state index in [1.54, 1.807) is 82.6 Å². The van der Waals surface area contributed by atoms with Crippen LogP contribution in [0.4, 0.5) is 5.69 Å². The van der Waals surface area contributed by atoms with Crippen LogP contribution in [0.15, 0.2) is 120 Å². The lowest BCUT2D eigenvalue weighted by atomic mass is 10.2. The lowest BCUT2D eigenvalue weighted by Crippen LogP contribution is -2.52. The van der Waals surface area contributed by atoms with E-state index in [4.69, 9.17) is 4.84 Å². The molecule has 1 saturated heterocycles. The number of piperazine rings is 1. The molecule has 4 aromatic rings. The summed E-state index contributed by atoms with van der Waals surface area (Å²) in [6.07, 6.45) is 0. The zero-order valence-electron chi connectivity index (χ0n) is 23.2. The molecule has 0 saturated carbocycles. The summed E-state index contributed by atoms with van der Waals surface area (Å²) in [6.45, 7) is 1.30. The maximum absolute atomic E-state index is 13.6. The standard InChI is InChI=1S/C32H30N4O6S/c37-30(34-20-22-35(23-21-34)32(39)26-10-4-1-5-11-26)24-33-31(38)25-16-18-29(19-17-25)43(40,41)36(27-12-6-2-7-13-27)42-28-14-8-3-9-15-28/h1-19H,20-24H2,(H,33,38). The van der Waals surface area contributed by atoms with Crippen LogP contribution in [0.5, 0.6) is 5.75 Å². The van der Waals surface area contributed by atoms with Crippen molar-refractivity contribution < 1.29 is 27.6 Å². The molecule has 1 N–H and O–H groups in total. The number of hydrogen-bond donors (Lipinski definition) is 1. The number of hydrogen-bond acceptors (Lipinski definition) is 6. The Kier molecular flexibility index (Phi) is 9.02. The molecule has 0 aromatic heterocycles. The second-order valence-corrected chi connectivity index (χ2v) is 11.5. The van der Waals surface area contributed by atoms with E-state index in [9.17, 15) is 22.8 Å². The monoisotopic (exact) mass is 598 g/mol. The van der Waals surface area contributed by atoms with Crippen molar-refractivity contribution in [3.63, 3.8) is 0 Å². The van der Waals surface area contributed by atoms with Crippen LogP contribution in [0.2, 0.25) is 0 Å². The van der Waals surface area contributed by atoms with Crippen molar-refractivity contribution in [1.29, 1.82) is 0 Å². The van der Waals surface area contributed by atoms with Crippen LogP contribution in [0.25, 0.3) is 0 Å². The van der Waals surface area contributed by atoms with Crippen molar-refractivity contribution in [3.8, 4) is 5.75 Å². The fraction of sp³-hybridized carbons (Fsp3) is 0.156. The quantitative estimate of drug-likeness (QED) is 0.295. The Morgan fingerprint density at radius 1 is 0.674 bits per heavy atom. The van der Waals surface area contributed by atoms with Crippen LogP contribution in [-0.2, 0) is 14.8 Å². The van der Waals surface area contributed by atoms with Gasteiger partial charge in [0.25, 0.3) is 21.8 Å². The number of amides is 3. The zero-order chi connectivity index (χ0) is 30.2. The maximum Gasteiger partial charge on any atom is 0.295 e. The Morgan fingerprint density at radius 3 is 1.81 bits per heavy atom. The third-order valence-corrected chi connectivity index (χ3v) is 8.46. The Morgan fingerprint density at radius 2 is 1.21 bits per heavy atom. The van der Waals surface area contributed by atoms with Gasteiger partial charge in [0, 0.05) is 37.3 Å². The Balaban J connectivity index is 1.18. The van der Waals surface area contributed by atoms with Crippen LogP contribution in [-0.4, -0.2) is 68.7 Å². The van der Waals surface area contributed by atoms with Crippen molar-refractivity contribution >= 4 is 33.4 Å². The van der Waals surface area contributed by atoms with Gasteiger partial charge in [-0.3, -0.25) is 14.4 Å². The third-order valence-electron chi connectivity index (χ3n) is 6.87. The minimum absolute atomic E-state index is 0.0787. The van der Waals surface area contributed by atoms with Gasteiger partial charge in [-0.1, -0.05) is 59.1 Å². The second-order valence-electron chi connectivity index (χ2n) is 9.72. The normalized spacial score (nSPS) is 13.2. The Labute approximate surface area is 250 Å². The van der Waals surface area contributed by atoms with Crippen molar-refractivity contribution in [1.82, 2.24) is 15.1 Å². The highest BCUT2D eigenvalue weighted by molar-refractivity contribution is 7.92. The summed E-state index contributed by atoms with van der Waals surface area (Å²) < 4.78 is 28.0. The van der Waals surface area contributed by atoms with E-state index in [0.29, 0.717) is 43.2 Å². The van der Waals surface area contributed by atoms with Gasteiger partial charge < -0.3 is 20.0 Å². The largest absolute Gasteiger partial charge is 0.364 e. The van der Waals surface area contributed by atoms with Gasteiger partial charge in [0.15, 0.2) is 5.75 Å². The molecule has 3 amide bonds. The first-order valence-corrected chi connectivity index (χ1v) is 15.1. The topological polar surface area (TPSA) is 116 Å². The zero-order valence-corrected chi connectivity index (χ0v) is 24.0. The van der Waals surface area contributed by atoms with Gasteiger partial charge in [-0.25, -0.2) is 0 Å². The molecule has 0 atom stereocenters. The predicted molar refractivity (Wildman–Crippen MR) is 161 cm³/mol. The van der Waals surface area contributed by atoms with Crippen molar-refractivity contribution in [3.05, 3.63) is 126 Å². The molecule has 0 radical (unpaired) electrons. The molecule has 1 heterocycles. The highest BCUT2D eigenvalue weighted by atomic mass is 32.2. The molecule has 1 aliphatic rings. The summed E-state index contributed by atoms with van der Waals surface area (Å²) in [6, 6.07) is 31.3. The van der Waals surface area contributed by atoms with Gasteiger partial charge in [-0.2, -0.15) is 8.42 Å². The molecule has 0 aliphatic carbocycles. The van der Waals surface area contributed by atoms with Crippen LogP contribution < -0.4 is 14.6 Å². The molecule has 43 heavy (non-hydrogen) atoms. The van der Waals surface area contributed by atoms with Crippen molar-refractivity contribution in [2.75, 3.05) is 37.2 Å². The number of rotatable bonds is 9. The van der Waals surface area contributed by atoms with Crippen LogP contribution >= 0.6 is 0 Å². The Hall–Kier alpha value is -5.16. The molecule has 5 rings (SSSR count). The summed E-state index contributed by atoms with van der Waals surface area (Å²) in [5.74, 6) is -0.531. The highest BCUT2D eigenvalue weighted by Crippen LogP contribution is 2.26. The van der Waals surface area contributed by atoms with Gasteiger partial charge in [0.1, 0.15) is 0 Å². The summed E-state index contributed by atoms with van der Waals surface area (Å²) >= 11 is 0. The minimum Gasteiger partial charge on any atom is -0.364 e. The number of nitrogens with zero attached hydrogens (tertiary/aromatic N) is 3. The first-order valence-electron chi connectivity index (χ1n) is 13.7. The fourth-order valence-corrected chi connectivity index (χ4v) is 5.79. The van der Waals surface area contributed by atoms with Gasteiger partial charge >= 0.3 is 0 Å². The fourth-order valence-electron chi connectivity index (χ4n) is 4.53. The predicted octanol–water partition coefficient (Wildman–Crippen LogP) is 3.59. The SMILES string of the molecule is O=C(NCC(=O)N1CCN(C(=O)c2ccccc2)CC1)c1ccc(S(=O)(=O)N(Oc2ccccc2)c2ccccc2)cc1. The van der Waals surface area contributed by atoms with E-state index in [2.05, 4.69) is 5.32 Å².